The minimum Gasteiger partial charge on any atom is -0.324 e. The normalized spacial score (nSPS) is 23.2. The molecule has 0 bridgehead atoms. The zero-order valence-electron chi connectivity index (χ0n) is 10.8. The van der Waals surface area contributed by atoms with Crippen LogP contribution in [0.25, 0.3) is 0 Å². The van der Waals surface area contributed by atoms with Crippen LogP contribution in [0, 0.1) is 6.92 Å². The molecule has 3 heterocycles. The van der Waals surface area contributed by atoms with Gasteiger partial charge < -0.3 is 10.6 Å². The molecule has 1 aromatic carbocycles. The van der Waals surface area contributed by atoms with Gasteiger partial charge in [-0.3, -0.25) is 14.7 Å². The lowest BCUT2D eigenvalue weighted by molar-refractivity contribution is -0.125. The first-order chi connectivity index (χ1) is 9.63. The molecule has 0 saturated carbocycles. The fourth-order valence-electron chi connectivity index (χ4n) is 3.20. The molecule has 2 aromatic rings. The van der Waals surface area contributed by atoms with E-state index < -0.39 is 5.41 Å². The average Bonchev–Trinajstić information content (AvgIpc) is 2.97. The standard InChI is InChI=1S/C14H12N4O2/c1-7-3-2-4-8-11(7)17-13(20)14(8)5-10(19)16-12-9(14)6-15-18-12/h2-4,6H,5H2,1H3,(H,17,20)(H2,15,16,18,19). The second kappa shape index (κ2) is 3.47. The van der Waals surface area contributed by atoms with Crippen molar-refractivity contribution in [1.82, 2.24) is 10.2 Å². The number of amides is 2. The van der Waals surface area contributed by atoms with Crippen LogP contribution in [0.5, 0.6) is 0 Å². The molecule has 6 heteroatoms. The van der Waals surface area contributed by atoms with Crippen molar-refractivity contribution in [3.8, 4) is 0 Å². The molecular formula is C14H12N4O2. The molecule has 20 heavy (non-hydrogen) atoms. The number of carbonyl (C=O) groups is 2. The van der Waals surface area contributed by atoms with Gasteiger partial charge in [-0.25, -0.2) is 0 Å². The van der Waals surface area contributed by atoms with Crippen LogP contribution in [-0.4, -0.2) is 22.0 Å². The maximum absolute atomic E-state index is 12.6. The van der Waals surface area contributed by atoms with Crippen LogP contribution in [0.15, 0.2) is 24.4 Å². The van der Waals surface area contributed by atoms with E-state index in [1.54, 1.807) is 6.20 Å². The van der Waals surface area contributed by atoms with Crippen molar-refractivity contribution in [2.75, 3.05) is 10.6 Å². The van der Waals surface area contributed by atoms with Crippen LogP contribution in [-0.2, 0) is 15.0 Å². The largest absolute Gasteiger partial charge is 0.324 e. The molecule has 1 aromatic heterocycles. The maximum atomic E-state index is 12.6. The summed E-state index contributed by atoms with van der Waals surface area (Å²) >= 11 is 0. The summed E-state index contributed by atoms with van der Waals surface area (Å²) in [6, 6.07) is 5.75. The average molecular weight is 268 g/mol. The Balaban J connectivity index is 2.06. The van der Waals surface area contributed by atoms with Gasteiger partial charge in [0, 0.05) is 17.7 Å². The third-order valence-electron chi connectivity index (χ3n) is 4.15. The Bertz CT molecular complexity index is 764. The van der Waals surface area contributed by atoms with Gasteiger partial charge in [0.25, 0.3) is 0 Å². The highest BCUT2D eigenvalue weighted by molar-refractivity contribution is 6.14. The van der Waals surface area contributed by atoms with Crippen LogP contribution >= 0.6 is 0 Å². The number of anilines is 2. The third-order valence-corrected chi connectivity index (χ3v) is 4.15. The number of hydrogen-bond donors (Lipinski definition) is 3. The number of nitrogens with zero attached hydrogens (tertiary/aromatic N) is 1. The summed E-state index contributed by atoms with van der Waals surface area (Å²) < 4.78 is 0. The highest BCUT2D eigenvalue weighted by Gasteiger charge is 2.53. The van der Waals surface area contributed by atoms with Crippen LogP contribution in [0.1, 0.15) is 23.1 Å². The topological polar surface area (TPSA) is 86.9 Å². The number of benzene rings is 1. The molecule has 0 radical (unpaired) electrons. The van der Waals surface area contributed by atoms with Gasteiger partial charge in [0.05, 0.1) is 6.20 Å². The van der Waals surface area contributed by atoms with Crippen molar-refractivity contribution < 1.29 is 9.59 Å². The summed E-state index contributed by atoms with van der Waals surface area (Å²) in [4.78, 5) is 24.6. The Labute approximate surface area is 114 Å². The van der Waals surface area contributed by atoms with Gasteiger partial charge in [-0.2, -0.15) is 5.10 Å². The van der Waals surface area contributed by atoms with Crippen molar-refractivity contribution in [3.63, 3.8) is 0 Å². The van der Waals surface area contributed by atoms with Crippen molar-refractivity contribution in [3.05, 3.63) is 41.1 Å². The predicted molar refractivity (Wildman–Crippen MR) is 72.4 cm³/mol. The number of nitrogens with one attached hydrogen (secondary N) is 3. The minimum atomic E-state index is -0.966. The van der Waals surface area contributed by atoms with Crippen LogP contribution in [0.3, 0.4) is 0 Å². The summed E-state index contributed by atoms with van der Waals surface area (Å²) in [5, 5.41) is 12.3. The summed E-state index contributed by atoms with van der Waals surface area (Å²) in [6.45, 7) is 1.94. The summed E-state index contributed by atoms with van der Waals surface area (Å²) in [6.07, 6.45) is 1.72. The van der Waals surface area contributed by atoms with E-state index in [0.717, 1.165) is 22.4 Å². The number of H-pyrrole nitrogens is 1. The molecule has 0 aliphatic carbocycles. The Morgan fingerprint density at radius 1 is 1.20 bits per heavy atom. The van der Waals surface area contributed by atoms with Gasteiger partial charge in [0.1, 0.15) is 11.2 Å². The summed E-state index contributed by atoms with van der Waals surface area (Å²) in [7, 11) is 0. The molecule has 2 amide bonds. The molecule has 2 aliphatic rings. The number of rotatable bonds is 0. The van der Waals surface area contributed by atoms with Gasteiger partial charge in [0.15, 0.2) is 0 Å². The van der Waals surface area contributed by atoms with Crippen molar-refractivity contribution >= 4 is 23.3 Å². The SMILES string of the molecule is Cc1cccc2c1NC(=O)C21CC(=O)Nc2[nH]ncc21. The summed E-state index contributed by atoms with van der Waals surface area (Å²) in [5.41, 5.74) is 2.40. The fraction of sp³-hybridized carbons (Fsp3) is 0.214. The van der Waals surface area contributed by atoms with Gasteiger partial charge in [-0.15, -0.1) is 0 Å². The van der Waals surface area contributed by atoms with Crippen molar-refractivity contribution in [2.24, 2.45) is 0 Å². The highest BCUT2D eigenvalue weighted by atomic mass is 16.2. The monoisotopic (exact) mass is 268 g/mol. The molecule has 1 atom stereocenters. The van der Waals surface area contributed by atoms with E-state index in [0.29, 0.717) is 5.82 Å². The van der Waals surface area contributed by atoms with Gasteiger partial charge >= 0.3 is 0 Å². The van der Waals surface area contributed by atoms with Crippen molar-refractivity contribution in [1.29, 1.82) is 0 Å². The van der Waals surface area contributed by atoms with Crippen LogP contribution in [0.4, 0.5) is 11.5 Å². The van der Waals surface area contributed by atoms with E-state index in [4.69, 9.17) is 0 Å². The quantitative estimate of drug-likeness (QED) is 0.673. The molecule has 3 N–H and O–H groups in total. The molecular weight excluding hydrogens is 256 g/mol. The second-order valence-corrected chi connectivity index (χ2v) is 5.24. The Morgan fingerprint density at radius 2 is 2.05 bits per heavy atom. The van der Waals surface area contributed by atoms with Gasteiger partial charge in [0.2, 0.25) is 11.8 Å². The maximum Gasteiger partial charge on any atom is 0.240 e. The first kappa shape index (κ1) is 11.2. The Hall–Kier alpha value is -2.63. The lowest BCUT2D eigenvalue weighted by Gasteiger charge is -2.30. The van der Waals surface area contributed by atoms with Crippen molar-refractivity contribution in [2.45, 2.75) is 18.8 Å². The number of carbonyl (C=O) groups excluding carboxylic acids is 2. The Kier molecular flexibility index (Phi) is 1.95. The summed E-state index contributed by atoms with van der Waals surface area (Å²) in [5.74, 6) is 0.149. The number of hydrogen-bond acceptors (Lipinski definition) is 3. The van der Waals surface area contributed by atoms with Crippen LogP contribution in [0.2, 0.25) is 0 Å². The van der Waals surface area contributed by atoms with Gasteiger partial charge in [-0.05, 0) is 18.1 Å². The van der Waals surface area contributed by atoms with Gasteiger partial charge in [-0.1, -0.05) is 18.2 Å². The van der Waals surface area contributed by atoms with E-state index in [1.807, 2.05) is 25.1 Å². The number of para-hydroxylation sites is 1. The van der Waals surface area contributed by atoms with E-state index in [9.17, 15) is 9.59 Å². The van der Waals surface area contributed by atoms with E-state index in [1.165, 1.54) is 0 Å². The lowest BCUT2D eigenvalue weighted by Crippen LogP contribution is -2.43. The fourth-order valence-corrected chi connectivity index (χ4v) is 3.20. The first-order valence-corrected chi connectivity index (χ1v) is 6.38. The zero-order chi connectivity index (χ0) is 13.9. The zero-order valence-corrected chi connectivity index (χ0v) is 10.8. The second-order valence-electron chi connectivity index (χ2n) is 5.24. The molecule has 100 valence electrons. The molecule has 2 aliphatic heterocycles. The van der Waals surface area contributed by atoms with E-state index in [2.05, 4.69) is 20.8 Å². The molecule has 4 rings (SSSR count). The van der Waals surface area contributed by atoms with Crippen LogP contribution < -0.4 is 10.6 Å². The molecule has 0 saturated heterocycles. The molecule has 1 unspecified atom stereocenters. The van der Waals surface area contributed by atoms with E-state index in [-0.39, 0.29) is 18.2 Å². The minimum absolute atomic E-state index is 0.0990. The number of aryl methyl sites for hydroxylation is 1. The third kappa shape index (κ3) is 1.16. The first-order valence-electron chi connectivity index (χ1n) is 6.38. The molecule has 1 spiro atoms. The number of aromatic amines is 1. The highest BCUT2D eigenvalue weighted by Crippen LogP contribution is 2.49. The lowest BCUT2D eigenvalue weighted by atomic mass is 9.71. The van der Waals surface area contributed by atoms with E-state index >= 15 is 0 Å². The number of fused-ring (bicyclic) bond motifs is 4. The Morgan fingerprint density at radius 3 is 2.90 bits per heavy atom. The predicted octanol–water partition coefficient (Wildman–Crippen LogP) is 1.30. The molecule has 0 fully saturated rings. The smallest absolute Gasteiger partial charge is 0.240 e. The number of aromatic nitrogens is 2. The molecule has 6 nitrogen and oxygen atoms in total.